The molecule has 0 saturated carbocycles. The summed E-state index contributed by atoms with van der Waals surface area (Å²) in [5, 5.41) is 0. The molecule has 0 bridgehead atoms. The quantitative estimate of drug-likeness (QED) is 0.644. The molecule has 6 nitrogen and oxygen atoms in total. The van der Waals surface area contributed by atoms with Gasteiger partial charge in [-0.1, -0.05) is 24.3 Å². The maximum absolute atomic E-state index is 12.4. The molecular weight excluding hydrogens is 376 g/mol. The van der Waals surface area contributed by atoms with Gasteiger partial charge in [-0.15, -0.1) is 0 Å². The van der Waals surface area contributed by atoms with Crippen molar-refractivity contribution in [1.82, 2.24) is 4.90 Å². The summed E-state index contributed by atoms with van der Waals surface area (Å²) in [4.78, 5) is 14.1. The summed E-state index contributed by atoms with van der Waals surface area (Å²) >= 11 is 0. The summed E-state index contributed by atoms with van der Waals surface area (Å²) in [5.74, 6) is 0.753. The third-order valence-electron chi connectivity index (χ3n) is 4.45. The molecule has 0 aliphatic heterocycles. The van der Waals surface area contributed by atoms with Gasteiger partial charge in [0.15, 0.2) is 0 Å². The van der Waals surface area contributed by atoms with Gasteiger partial charge in [-0.2, -0.15) is 0 Å². The van der Waals surface area contributed by atoms with Crippen molar-refractivity contribution in [3.8, 4) is 5.75 Å². The predicted molar refractivity (Wildman–Crippen MR) is 112 cm³/mol. The van der Waals surface area contributed by atoms with Crippen molar-refractivity contribution in [1.29, 1.82) is 0 Å². The number of hydrogen-bond acceptors (Lipinski definition) is 4. The Morgan fingerprint density at radius 2 is 1.79 bits per heavy atom. The minimum absolute atomic E-state index is 0.0199. The molecule has 0 saturated heterocycles. The average Bonchev–Trinajstić information content (AvgIpc) is 2.64. The van der Waals surface area contributed by atoms with Crippen LogP contribution in [0.5, 0.6) is 5.75 Å². The molecule has 0 fully saturated rings. The second-order valence-corrected chi connectivity index (χ2v) is 8.78. The molecule has 1 amide bonds. The predicted octanol–water partition coefficient (Wildman–Crippen LogP) is 3.21. The number of methoxy groups -OCH3 is 1. The van der Waals surface area contributed by atoms with Gasteiger partial charge in [-0.25, -0.2) is 8.42 Å². The Morgan fingerprint density at radius 1 is 1.11 bits per heavy atom. The van der Waals surface area contributed by atoms with Gasteiger partial charge in [-0.05, 0) is 48.7 Å². The number of sulfonamides is 1. The minimum atomic E-state index is -3.41. The standard InChI is InChI=1S/C21H28N2O4S/c1-17-7-5-8-19(15-17)23(28(4,25)26)14-6-9-21(24)22(2)16-18-10-12-20(27-3)13-11-18/h5,7-8,10-13,15H,6,9,14,16H2,1-4H3. The number of carbonyl (C=O) groups is 1. The largest absolute Gasteiger partial charge is 0.497 e. The monoisotopic (exact) mass is 404 g/mol. The molecule has 0 spiro atoms. The second-order valence-electron chi connectivity index (χ2n) is 6.88. The lowest BCUT2D eigenvalue weighted by atomic mass is 10.2. The Bertz CT molecular complexity index is 895. The highest BCUT2D eigenvalue weighted by Gasteiger charge is 2.18. The number of ether oxygens (including phenoxy) is 1. The van der Waals surface area contributed by atoms with E-state index in [1.807, 2.05) is 49.4 Å². The summed E-state index contributed by atoms with van der Waals surface area (Å²) < 4.78 is 30.8. The normalized spacial score (nSPS) is 11.1. The third kappa shape index (κ3) is 6.27. The SMILES string of the molecule is COc1ccc(CN(C)C(=O)CCCN(c2cccc(C)c2)S(C)(=O)=O)cc1. The smallest absolute Gasteiger partial charge is 0.232 e. The maximum Gasteiger partial charge on any atom is 0.232 e. The molecule has 152 valence electrons. The lowest BCUT2D eigenvalue weighted by Crippen LogP contribution is -2.32. The molecule has 0 N–H and O–H groups in total. The van der Waals surface area contributed by atoms with E-state index in [9.17, 15) is 13.2 Å². The molecule has 2 rings (SSSR count). The Hall–Kier alpha value is -2.54. The number of rotatable bonds is 9. The topological polar surface area (TPSA) is 66.9 Å². The molecule has 0 heterocycles. The van der Waals surface area contributed by atoms with Gasteiger partial charge in [0.25, 0.3) is 0 Å². The van der Waals surface area contributed by atoms with Crippen LogP contribution < -0.4 is 9.04 Å². The molecule has 7 heteroatoms. The molecular formula is C21H28N2O4S. The van der Waals surface area contributed by atoms with Gasteiger partial charge in [0.1, 0.15) is 5.75 Å². The van der Waals surface area contributed by atoms with Gasteiger partial charge < -0.3 is 9.64 Å². The molecule has 0 aliphatic rings. The van der Waals surface area contributed by atoms with Crippen LogP contribution in [0, 0.1) is 6.92 Å². The van der Waals surface area contributed by atoms with Crippen molar-refractivity contribution in [2.24, 2.45) is 0 Å². The zero-order chi connectivity index (χ0) is 20.7. The molecule has 2 aromatic rings. The maximum atomic E-state index is 12.4. The van der Waals surface area contributed by atoms with Crippen LogP contribution in [0.15, 0.2) is 48.5 Å². The fraction of sp³-hybridized carbons (Fsp3) is 0.381. The first-order chi connectivity index (χ1) is 13.2. The van der Waals surface area contributed by atoms with E-state index in [1.54, 1.807) is 25.1 Å². The van der Waals surface area contributed by atoms with Crippen molar-refractivity contribution in [3.05, 3.63) is 59.7 Å². The van der Waals surface area contributed by atoms with Crippen molar-refractivity contribution >= 4 is 21.6 Å². The molecule has 0 unspecified atom stereocenters. The van der Waals surface area contributed by atoms with E-state index in [0.717, 1.165) is 16.9 Å². The average molecular weight is 405 g/mol. The summed E-state index contributed by atoms with van der Waals surface area (Å²) in [7, 11) is -0.0478. The summed E-state index contributed by atoms with van der Waals surface area (Å²) in [6, 6.07) is 14.9. The van der Waals surface area contributed by atoms with E-state index in [4.69, 9.17) is 4.74 Å². The first-order valence-electron chi connectivity index (χ1n) is 9.12. The number of hydrogen-bond donors (Lipinski definition) is 0. The number of nitrogens with zero attached hydrogens (tertiary/aromatic N) is 2. The Labute approximate surface area is 167 Å². The lowest BCUT2D eigenvalue weighted by molar-refractivity contribution is -0.130. The van der Waals surface area contributed by atoms with Crippen LogP contribution in [0.4, 0.5) is 5.69 Å². The van der Waals surface area contributed by atoms with Gasteiger partial charge in [0.2, 0.25) is 15.9 Å². The summed E-state index contributed by atoms with van der Waals surface area (Å²) in [6.45, 7) is 2.68. The van der Waals surface area contributed by atoms with Crippen molar-refractivity contribution < 1.29 is 17.9 Å². The van der Waals surface area contributed by atoms with Gasteiger partial charge in [-0.3, -0.25) is 9.10 Å². The summed E-state index contributed by atoms with van der Waals surface area (Å²) in [6.07, 6.45) is 1.92. The Kier molecular flexibility index (Phi) is 7.45. The zero-order valence-electron chi connectivity index (χ0n) is 16.9. The highest BCUT2D eigenvalue weighted by molar-refractivity contribution is 7.92. The van der Waals surface area contributed by atoms with Crippen molar-refractivity contribution in [2.75, 3.05) is 31.3 Å². The van der Waals surface area contributed by atoms with E-state index in [1.165, 1.54) is 10.6 Å². The van der Waals surface area contributed by atoms with Crippen LogP contribution in [0.25, 0.3) is 0 Å². The Balaban J connectivity index is 1.92. The van der Waals surface area contributed by atoms with Crippen LogP contribution in [0.1, 0.15) is 24.0 Å². The van der Waals surface area contributed by atoms with Gasteiger partial charge in [0, 0.05) is 26.6 Å². The lowest BCUT2D eigenvalue weighted by Gasteiger charge is -2.23. The molecule has 0 aliphatic carbocycles. The van der Waals surface area contributed by atoms with E-state index in [0.29, 0.717) is 18.7 Å². The first-order valence-corrected chi connectivity index (χ1v) is 11.0. The number of anilines is 1. The van der Waals surface area contributed by atoms with Gasteiger partial charge >= 0.3 is 0 Å². The summed E-state index contributed by atoms with van der Waals surface area (Å²) in [5.41, 5.74) is 2.62. The van der Waals surface area contributed by atoms with Crippen LogP contribution in [-0.4, -0.2) is 46.2 Å². The second kappa shape index (κ2) is 9.59. The van der Waals surface area contributed by atoms with E-state index >= 15 is 0 Å². The number of benzene rings is 2. The van der Waals surface area contributed by atoms with E-state index in [-0.39, 0.29) is 18.9 Å². The minimum Gasteiger partial charge on any atom is -0.497 e. The zero-order valence-corrected chi connectivity index (χ0v) is 17.7. The van der Waals surface area contributed by atoms with Crippen LogP contribution in [-0.2, 0) is 21.4 Å². The molecule has 0 radical (unpaired) electrons. The van der Waals surface area contributed by atoms with E-state index < -0.39 is 10.0 Å². The highest BCUT2D eigenvalue weighted by Crippen LogP contribution is 2.20. The number of amides is 1. The Morgan fingerprint density at radius 3 is 2.36 bits per heavy atom. The number of aryl methyl sites for hydroxylation is 1. The van der Waals surface area contributed by atoms with Crippen LogP contribution in [0.2, 0.25) is 0 Å². The molecule has 2 aromatic carbocycles. The van der Waals surface area contributed by atoms with Crippen LogP contribution >= 0.6 is 0 Å². The molecule has 0 atom stereocenters. The fourth-order valence-electron chi connectivity index (χ4n) is 2.93. The highest BCUT2D eigenvalue weighted by atomic mass is 32.2. The van der Waals surface area contributed by atoms with E-state index in [2.05, 4.69) is 0 Å². The first kappa shape index (κ1) is 21.8. The number of carbonyl (C=O) groups excluding carboxylic acids is 1. The van der Waals surface area contributed by atoms with Gasteiger partial charge in [0.05, 0.1) is 19.1 Å². The molecule has 28 heavy (non-hydrogen) atoms. The fourth-order valence-corrected chi connectivity index (χ4v) is 3.88. The van der Waals surface area contributed by atoms with Crippen molar-refractivity contribution in [2.45, 2.75) is 26.3 Å². The van der Waals surface area contributed by atoms with Crippen molar-refractivity contribution in [3.63, 3.8) is 0 Å². The molecule has 0 aromatic heterocycles. The third-order valence-corrected chi connectivity index (χ3v) is 5.64. The van der Waals surface area contributed by atoms with Crippen LogP contribution in [0.3, 0.4) is 0 Å².